The van der Waals surface area contributed by atoms with Crippen LogP contribution >= 0.6 is 31.9 Å². The standard InChI is InChI=1S/C16H12Br2N2O2/c17-11-1-5-13(6-2-11)19-9-16(22)20(10-15(19)21)14-7-3-12(18)4-8-14/h1-8H,9-10H2. The molecule has 4 nitrogen and oxygen atoms in total. The molecule has 0 aromatic heterocycles. The van der Waals surface area contributed by atoms with Gasteiger partial charge in [0.05, 0.1) is 0 Å². The zero-order chi connectivity index (χ0) is 15.7. The smallest absolute Gasteiger partial charge is 0.247 e. The first-order chi connectivity index (χ1) is 10.5. The van der Waals surface area contributed by atoms with E-state index >= 15 is 0 Å². The largest absolute Gasteiger partial charge is 0.301 e. The molecule has 0 N–H and O–H groups in total. The summed E-state index contributed by atoms with van der Waals surface area (Å²) in [6.45, 7) is 0.104. The second kappa shape index (κ2) is 6.22. The van der Waals surface area contributed by atoms with Gasteiger partial charge in [0.25, 0.3) is 0 Å². The third-order valence-electron chi connectivity index (χ3n) is 3.47. The molecule has 0 unspecified atom stereocenters. The minimum absolute atomic E-state index is 0.0521. The molecular weight excluding hydrogens is 412 g/mol. The van der Waals surface area contributed by atoms with Gasteiger partial charge in [-0.15, -0.1) is 0 Å². The van der Waals surface area contributed by atoms with E-state index in [0.717, 1.165) is 20.3 Å². The summed E-state index contributed by atoms with van der Waals surface area (Å²) < 4.78 is 1.87. The Balaban J connectivity index is 1.82. The van der Waals surface area contributed by atoms with E-state index in [4.69, 9.17) is 0 Å². The number of amides is 2. The average Bonchev–Trinajstić information content (AvgIpc) is 2.51. The Labute approximate surface area is 145 Å². The van der Waals surface area contributed by atoms with Crippen molar-refractivity contribution in [2.45, 2.75) is 0 Å². The van der Waals surface area contributed by atoms with Crippen LogP contribution in [0.5, 0.6) is 0 Å². The van der Waals surface area contributed by atoms with Gasteiger partial charge in [0.15, 0.2) is 0 Å². The molecule has 6 heteroatoms. The molecule has 0 saturated carbocycles. The summed E-state index contributed by atoms with van der Waals surface area (Å²) >= 11 is 6.72. The summed E-state index contributed by atoms with van der Waals surface area (Å²) in [5.74, 6) is -0.185. The summed E-state index contributed by atoms with van der Waals surface area (Å²) in [4.78, 5) is 27.8. The molecule has 0 aliphatic carbocycles. The number of halogens is 2. The van der Waals surface area contributed by atoms with E-state index in [1.165, 1.54) is 9.80 Å². The van der Waals surface area contributed by atoms with E-state index in [-0.39, 0.29) is 24.9 Å². The van der Waals surface area contributed by atoms with Crippen LogP contribution in [0.2, 0.25) is 0 Å². The van der Waals surface area contributed by atoms with Crippen molar-refractivity contribution >= 4 is 55.0 Å². The fourth-order valence-corrected chi connectivity index (χ4v) is 2.86. The van der Waals surface area contributed by atoms with Crippen LogP contribution < -0.4 is 9.80 Å². The van der Waals surface area contributed by atoms with Crippen LogP contribution in [-0.4, -0.2) is 24.9 Å². The molecule has 0 radical (unpaired) electrons. The highest BCUT2D eigenvalue weighted by atomic mass is 79.9. The molecule has 3 rings (SSSR count). The molecule has 2 aromatic carbocycles. The molecule has 1 aliphatic heterocycles. The predicted octanol–water partition coefficient (Wildman–Crippen LogP) is 3.59. The molecule has 22 heavy (non-hydrogen) atoms. The molecule has 2 amide bonds. The van der Waals surface area contributed by atoms with Crippen LogP contribution in [-0.2, 0) is 9.59 Å². The van der Waals surface area contributed by atoms with Gasteiger partial charge in [0.2, 0.25) is 11.8 Å². The zero-order valence-corrected chi connectivity index (χ0v) is 14.7. The Kier molecular flexibility index (Phi) is 4.31. The summed E-state index contributed by atoms with van der Waals surface area (Å²) in [5, 5.41) is 0. The van der Waals surface area contributed by atoms with Crippen LogP contribution in [0.3, 0.4) is 0 Å². The van der Waals surface area contributed by atoms with Crippen LogP contribution in [0, 0.1) is 0 Å². The zero-order valence-electron chi connectivity index (χ0n) is 11.5. The highest BCUT2D eigenvalue weighted by Gasteiger charge is 2.31. The van der Waals surface area contributed by atoms with E-state index in [1.807, 2.05) is 48.5 Å². The Bertz CT molecular complexity index is 650. The number of anilines is 2. The lowest BCUT2D eigenvalue weighted by atomic mass is 10.2. The summed E-state index contributed by atoms with van der Waals surface area (Å²) in [5.41, 5.74) is 1.47. The topological polar surface area (TPSA) is 40.6 Å². The first kappa shape index (κ1) is 15.2. The molecule has 1 heterocycles. The SMILES string of the molecule is O=C1CN(c2ccc(Br)cc2)C(=O)CN1c1ccc(Br)cc1. The van der Waals surface area contributed by atoms with Gasteiger partial charge in [0.1, 0.15) is 13.1 Å². The number of carbonyl (C=O) groups is 2. The van der Waals surface area contributed by atoms with Gasteiger partial charge in [-0.25, -0.2) is 0 Å². The number of hydrogen-bond donors (Lipinski definition) is 0. The third-order valence-corrected chi connectivity index (χ3v) is 4.52. The first-order valence-corrected chi connectivity index (χ1v) is 8.25. The molecule has 1 saturated heterocycles. The van der Waals surface area contributed by atoms with E-state index in [9.17, 15) is 9.59 Å². The Hall–Kier alpha value is -1.66. The van der Waals surface area contributed by atoms with Crippen LogP contribution in [0.1, 0.15) is 0 Å². The fraction of sp³-hybridized carbons (Fsp3) is 0.125. The highest BCUT2D eigenvalue weighted by molar-refractivity contribution is 9.10. The number of benzene rings is 2. The second-order valence-corrected chi connectivity index (χ2v) is 6.74. The van der Waals surface area contributed by atoms with Gasteiger partial charge < -0.3 is 9.80 Å². The fourth-order valence-electron chi connectivity index (χ4n) is 2.33. The van der Waals surface area contributed by atoms with Gasteiger partial charge in [-0.2, -0.15) is 0 Å². The lowest BCUT2D eigenvalue weighted by molar-refractivity contribution is -0.125. The summed E-state index contributed by atoms with van der Waals surface area (Å²) in [6.07, 6.45) is 0. The quantitative estimate of drug-likeness (QED) is 0.740. The van der Waals surface area contributed by atoms with Crippen molar-refractivity contribution in [3.8, 4) is 0 Å². The van der Waals surface area contributed by atoms with Crippen molar-refractivity contribution in [3.05, 3.63) is 57.5 Å². The Morgan fingerprint density at radius 1 is 0.636 bits per heavy atom. The Morgan fingerprint density at radius 3 is 1.27 bits per heavy atom. The molecule has 2 aromatic rings. The number of piperazine rings is 1. The van der Waals surface area contributed by atoms with Gasteiger partial charge in [-0.05, 0) is 48.5 Å². The Morgan fingerprint density at radius 2 is 0.955 bits per heavy atom. The third kappa shape index (κ3) is 3.08. The predicted molar refractivity (Wildman–Crippen MR) is 93.0 cm³/mol. The maximum atomic E-state index is 12.4. The van der Waals surface area contributed by atoms with Crippen LogP contribution in [0.4, 0.5) is 11.4 Å². The molecule has 1 fully saturated rings. The molecule has 0 spiro atoms. The summed E-state index contributed by atoms with van der Waals surface area (Å²) in [7, 11) is 0. The maximum absolute atomic E-state index is 12.4. The van der Waals surface area contributed by atoms with Crippen molar-refractivity contribution in [1.82, 2.24) is 0 Å². The number of rotatable bonds is 2. The molecule has 112 valence electrons. The van der Waals surface area contributed by atoms with Crippen molar-refractivity contribution in [3.63, 3.8) is 0 Å². The second-order valence-electron chi connectivity index (χ2n) is 4.91. The summed E-state index contributed by atoms with van der Waals surface area (Å²) in [6, 6.07) is 14.7. The van der Waals surface area contributed by atoms with Gasteiger partial charge in [-0.1, -0.05) is 31.9 Å². The van der Waals surface area contributed by atoms with Gasteiger partial charge >= 0.3 is 0 Å². The van der Waals surface area contributed by atoms with Crippen molar-refractivity contribution in [2.75, 3.05) is 22.9 Å². The normalized spacial score (nSPS) is 15.4. The van der Waals surface area contributed by atoms with Gasteiger partial charge in [0, 0.05) is 20.3 Å². The lowest BCUT2D eigenvalue weighted by Crippen LogP contribution is -2.54. The first-order valence-electron chi connectivity index (χ1n) is 6.66. The number of hydrogen-bond acceptors (Lipinski definition) is 2. The van der Waals surface area contributed by atoms with E-state index in [0.29, 0.717) is 0 Å². The minimum Gasteiger partial charge on any atom is -0.301 e. The van der Waals surface area contributed by atoms with Crippen molar-refractivity contribution in [2.24, 2.45) is 0 Å². The van der Waals surface area contributed by atoms with Crippen molar-refractivity contribution in [1.29, 1.82) is 0 Å². The number of nitrogens with zero attached hydrogens (tertiary/aromatic N) is 2. The number of carbonyl (C=O) groups excluding carboxylic acids is 2. The molecule has 1 aliphatic rings. The lowest BCUT2D eigenvalue weighted by Gasteiger charge is -2.34. The molecule has 0 atom stereocenters. The average molecular weight is 424 g/mol. The van der Waals surface area contributed by atoms with Crippen molar-refractivity contribution < 1.29 is 9.59 Å². The van der Waals surface area contributed by atoms with E-state index in [1.54, 1.807) is 0 Å². The highest BCUT2D eigenvalue weighted by Crippen LogP contribution is 2.24. The minimum atomic E-state index is -0.0927. The molecule has 0 bridgehead atoms. The monoisotopic (exact) mass is 422 g/mol. The van der Waals surface area contributed by atoms with Gasteiger partial charge in [-0.3, -0.25) is 9.59 Å². The van der Waals surface area contributed by atoms with Crippen LogP contribution in [0.15, 0.2) is 57.5 Å². The van der Waals surface area contributed by atoms with E-state index in [2.05, 4.69) is 31.9 Å². The maximum Gasteiger partial charge on any atom is 0.247 e. The molecular formula is C16H12Br2N2O2. The van der Waals surface area contributed by atoms with Crippen LogP contribution in [0.25, 0.3) is 0 Å². The van der Waals surface area contributed by atoms with E-state index < -0.39 is 0 Å².